The molecule has 0 radical (unpaired) electrons. The van der Waals surface area contributed by atoms with E-state index in [2.05, 4.69) is 10.6 Å². The molecule has 0 saturated heterocycles. The second-order valence-corrected chi connectivity index (χ2v) is 7.09. The van der Waals surface area contributed by atoms with E-state index in [0.717, 1.165) is 6.26 Å². The standard InChI is InChI=1S/C12H15ClN2O5S/c1-21(19,20)4-2-3-14-12(18)15-10-6-8(11(16)17)5-9(13)7-10/h5-7H,2-4H2,1H3,(H,16,17)(H2,14,15,18). The van der Waals surface area contributed by atoms with E-state index >= 15 is 0 Å². The molecular formula is C12H15ClN2O5S. The van der Waals surface area contributed by atoms with Gasteiger partial charge >= 0.3 is 12.0 Å². The van der Waals surface area contributed by atoms with E-state index in [1.165, 1.54) is 18.2 Å². The Morgan fingerprint density at radius 2 is 1.95 bits per heavy atom. The molecule has 7 nitrogen and oxygen atoms in total. The van der Waals surface area contributed by atoms with Gasteiger partial charge in [0.15, 0.2) is 0 Å². The number of carbonyl (C=O) groups is 2. The fourth-order valence-electron chi connectivity index (χ4n) is 1.50. The molecule has 0 saturated carbocycles. The Morgan fingerprint density at radius 1 is 1.29 bits per heavy atom. The predicted molar refractivity (Wildman–Crippen MR) is 79.8 cm³/mol. The Hall–Kier alpha value is -1.80. The summed E-state index contributed by atoms with van der Waals surface area (Å²) < 4.78 is 21.8. The maximum atomic E-state index is 11.6. The smallest absolute Gasteiger partial charge is 0.335 e. The SMILES string of the molecule is CS(=O)(=O)CCCNC(=O)Nc1cc(Cl)cc(C(=O)O)c1. The average molecular weight is 335 g/mol. The van der Waals surface area contributed by atoms with Crippen LogP contribution >= 0.6 is 11.6 Å². The first kappa shape index (κ1) is 17.3. The Morgan fingerprint density at radius 3 is 2.52 bits per heavy atom. The number of carboxylic acids is 1. The van der Waals surface area contributed by atoms with Gasteiger partial charge in [-0.05, 0) is 24.6 Å². The summed E-state index contributed by atoms with van der Waals surface area (Å²) in [5, 5.41) is 14.0. The third kappa shape index (κ3) is 6.96. The number of amides is 2. The Balaban J connectivity index is 2.53. The van der Waals surface area contributed by atoms with Crippen LogP contribution in [0.1, 0.15) is 16.8 Å². The summed E-state index contributed by atoms with van der Waals surface area (Å²) >= 11 is 5.75. The van der Waals surface area contributed by atoms with Crippen LogP contribution in [-0.2, 0) is 9.84 Å². The molecule has 0 bridgehead atoms. The van der Waals surface area contributed by atoms with Gasteiger partial charge < -0.3 is 15.7 Å². The third-order valence-electron chi connectivity index (χ3n) is 2.38. The number of urea groups is 1. The molecule has 1 rings (SSSR count). The molecule has 116 valence electrons. The molecule has 0 aliphatic heterocycles. The maximum Gasteiger partial charge on any atom is 0.335 e. The van der Waals surface area contributed by atoms with E-state index in [-0.39, 0.29) is 28.6 Å². The third-order valence-corrected chi connectivity index (χ3v) is 3.63. The molecule has 0 aromatic heterocycles. The van der Waals surface area contributed by atoms with Crippen molar-refractivity contribution in [3.05, 3.63) is 28.8 Å². The molecule has 1 aromatic rings. The van der Waals surface area contributed by atoms with Crippen LogP contribution in [0.3, 0.4) is 0 Å². The van der Waals surface area contributed by atoms with Gasteiger partial charge in [-0.25, -0.2) is 18.0 Å². The van der Waals surface area contributed by atoms with Crippen molar-refractivity contribution in [2.45, 2.75) is 6.42 Å². The predicted octanol–water partition coefficient (Wildman–Crippen LogP) is 1.59. The van der Waals surface area contributed by atoms with E-state index < -0.39 is 21.8 Å². The van der Waals surface area contributed by atoms with Crippen molar-refractivity contribution < 1.29 is 23.1 Å². The van der Waals surface area contributed by atoms with E-state index in [1.807, 2.05) is 0 Å². The van der Waals surface area contributed by atoms with Crippen LogP contribution in [0.4, 0.5) is 10.5 Å². The number of carboxylic acid groups (broad SMARTS) is 1. The van der Waals surface area contributed by atoms with Gasteiger partial charge in [-0.1, -0.05) is 11.6 Å². The largest absolute Gasteiger partial charge is 0.478 e. The highest BCUT2D eigenvalue weighted by molar-refractivity contribution is 7.90. The number of hydrogen-bond acceptors (Lipinski definition) is 4. The second-order valence-electron chi connectivity index (χ2n) is 4.40. The zero-order valence-electron chi connectivity index (χ0n) is 11.2. The van der Waals surface area contributed by atoms with Gasteiger partial charge in [0.05, 0.1) is 11.3 Å². The molecule has 0 aliphatic carbocycles. The summed E-state index contributed by atoms with van der Waals surface area (Å²) in [7, 11) is -3.06. The number of aromatic carboxylic acids is 1. The number of benzene rings is 1. The van der Waals surface area contributed by atoms with E-state index in [1.54, 1.807) is 0 Å². The van der Waals surface area contributed by atoms with Gasteiger partial charge in [-0.3, -0.25) is 0 Å². The van der Waals surface area contributed by atoms with Crippen molar-refractivity contribution >= 4 is 39.1 Å². The first-order valence-electron chi connectivity index (χ1n) is 5.94. The van der Waals surface area contributed by atoms with Crippen molar-refractivity contribution in [3.63, 3.8) is 0 Å². The van der Waals surface area contributed by atoms with Crippen LogP contribution in [-0.4, -0.2) is 44.1 Å². The lowest BCUT2D eigenvalue weighted by Gasteiger charge is -2.08. The minimum atomic E-state index is -3.06. The van der Waals surface area contributed by atoms with E-state index in [0.29, 0.717) is 6.42 Å². The molecule has 21 heavy (non-hydrogen) atoms. The first-order chi connectivity index (χ1) is 9.67. The lowest BCUT2D eigenvalue weighted by atomic mass is 10.2. The quantitative estimate of drug-likeness (QED) is 0.684. The lowest BCUT2D eigenvalue weighted by Crippen LogP contribution is -2.30. The van der Waals surface area contributed by atoms with Crippen molar-refractivity contribution in [2.24, 2.45) is 0 Å². The van der Waals surface area contributed by atoms with E-state index in [9.17, 15) is 18.0 Å². The molecular weight excluding hydrogens is 320 g/mol. The minimum Gasteiger partial charge on any atom is -0.478 e. The highest BCUT2D eigenvalue weighted by Crippen LogP contribution is 2.19. The van der Waals surface area contributed by atoms with Crippen molar-refractivity contribution in [1.29, 1.82) is 0 Å². The summed E-state index contributed by atoms with van der Waals surface area (Å²) in [4.78, 5) is 22.4. The second kappa shape index (κ2) is 7.28. The molecule has 0 fully saturated rings. The zero-order chi connectivity index (χ0) is 16.0. The van der Waals surface area contributed by atoms with Crippen LogP contribution in [0.25, 0.3) is 0 Å². The Kier molecular flexibility index (Phi) is 5.98. The number of anilines is 1. The number of carbonyl (C=O) groups excluding carboxylic acids is 1. The summed E-state index contributed by atoms with van der Waals surface area (Å²) in [6.45, 7) is 0.186. The summed E-state index contributed by atoms with van der Waals surface area (Å²) in [6.07, 6.45) is 1.41. The van der Waals surface area contributed by atoms with Gasteiger partial charge in [0.2, 0.25) is 0 Å². The van der Waals surface area contributed by atoms with Crippen LogP contribution in [0.5, 0.6) is 0 Å². The first-order valence-corrected chi connectivity index (χ1v) is 8.38. The summed E-state index contributed by atoms with van der Waals surface area (Å²) in [6, 6.07) is 3.37. The molecule has 0 spiro atoms. The number of sulfone groups is 1. The minimum absolute atomic E-state index is 0.0202. The lowest BCUT2D eigenvalue weighted by molar-refractivity contribution is 0.0697. The maximum absolute atomic E-state index is 11.6. The number of nitrogens with one attached hydrogen (secondary N) is 2. The molecule has 1 aromatic carbocycles. The summed E-state index contributed by atoms with van der Waals surface area (Å²) in [5.41, 5.74) is 0.190. The van der Waals surface area contributed by atoms with Crippen LogP contribution in [0, 0.1) is 0 Å². The number of halogens is 1. The fraction of sp³-hybridized carbons (Fsp3) is 0.333. The monoisotopic (exact) mass is 334 g/mol. The summed E-state index contributed by atoms with van der Waals surface area (Å²) in [5.74, 6) is -1.18. The molecule has 0 heterocycles. The molecule has 9 heteroatoms. The normalized spacial score (nSPS) is 11.0. The zero-order valence-corrected chi connectivity index (χ0v) is 12.8. The van der Waals surface area contributed by atoms with Crippen molar-refractivity contribution in [3.8, 4) is 0 Å². The highest BCUT2D eigenvalue weighted by atomic mass is 35.5. The van der Waals surface area contributed by atoms with Crippen molar-refractivity contribution in [1.82, 2.24) is 5.32 Å². The topological polar surface area (TPSA) is 113 Å². The van der Waals surface area contributed by atoms with Crippen molar-refractivity contribution in [2.75, 3.05) is 23.9 Å². The van der Waals surface area contributed by atoms with Gasteiger partial charge in [-0.15, -0.1) is 0 Å². The fourth-order valence-corrected chi connectivity index (χ4v) is 2.40. The molecule has 3 N–H and O–H groups in total. The molecule has 0 unspecified atom stereocenters. The van der Waals surface area contributed by atoms with Gasteiger partial charge in [-0.2, -0.15) is 0 Å². The van der Waals surface area contributed by atoms with Gasteiger partial charge in [0, 0.05) is 23.5 Å². The number of hydrogen-bond donors (Lipinski definition) is 3. The highest BCUT2D eigenvalue weighted by Gasteiger charge is 2.09. The molecule has 2 amide bonds. The van der Waals surface area contributed by atoms with Crippen LogP contribution in [0.2, 0.25) is 5.02 Å². The van der Waals surface area contributed by atoms with Gasteiger partial charge in [0.1, 0.15) is 9.84 Å². The van der Waals surface area contributed by atoms with E-state index in [4.69, 9.17) is 16.7 Å². The Bertz CT molecular complexity index is 645. The number of rotatable bonds is 6. The van der Waals surface area contributed by atoms with Crippen LogP contribution in [0.15, 0.2) is 18.2 Å². The molecule has 0 aliphatic rings. The van der Waals surface area contributed by atoms with Crippen LogP contribution < -0.4 is 10.6 Å². The Labute approximate surface area is 127 Å². The average Bonchev–Trinajstić information content (AvgIpc) is 2.32. The van der Waals surface area contributed by atoms with Gasteiger partial charge in [0.25, 0.3) is 0 Å². The molecule has 0 atom stereocenters.